The van der Waals surface area contributed by atoms with Crippen molar-refractivity contribution in [3.63, 3.8) is 0 Å². The number of amides is 4. The number of nitrogens with two attached hydrogens (primary N) is 3. The first-order chi connectivity index (χ1) is 12.7. The molecular formula is C18H31N5O4. The molecule has 4 amide bonds. The van der Waals surface area contributed by atoms with Crippen molar-refractivity contribution in [2.24, 2.45) is 23.1 Å². The van der Waals surface area contributed by atoms with Crippen LogP contribution in [0.2, 0.25) is 0 Å². The van der Waals surface area contributed by atoms with Crippen molar-refractivity contribution in [1.82, 2.24) is 5.32 Å². The fraction of sp³-hybridized carbons (Fsp3) is 0.500. The lowest BCUT2D eigenvalue weighted by molar-refractivity contribution is -0.120. The topological polar surface area (TPSA) is 174 Å². The third kappa shape index (κ3) is 12.4. The van der Waals surface area contributed by atoms with Gasteiger partial charge in [-0.05, 0) is 36.5 Å². The summed E-state index contributed by atoms with van der Waals surface area (Å²) in [6.45, 7) is 4.18. The van der Waals surface area contributed by atoms with Crippen LogP contribution < -0.4 is 27.8 Å². The Morgan fingerprint density at radius 3 is 2.07 bits per heavy atom. The van der Waals surface area contributed by atoms with Crippen LogP contribution in [0.4, 0.5) is 10.5 Å². The molecule has 0 bridgehead atoms. The standard InChI is InChI=1S/C13H19N3O3.C5H12N2O/c14-13(19)15-8-2-1-3-12(18)16-11-6-4-10(9-17)5-7-11;1-3(2)4(6)5(7)8/h4-7,17H,1-3,8-9H2,(H,16,18)(H3,14,15,19);3-4H,6H2,1-2H3,(H2,7,8). The maximum absolute atomic E-state index is 11.6. The monoisotopic (exact) mass is 381 g/mol. The Labute approximate surface area is 159 Å². The summed E-state index contributed by atoms with van der Waals surface area (Å²) < 4.78 is 0. The number of aliphatic hydroxyl groups is 1. The Kier molecular flexibility index (Phi) is 12.2. The van der Waals surface area contributed by atoms with Gasteiger partial charge in [-0.3, -0.25) is 9.59 Å². The molecule has 9 N–H and O–H groups in total. The van der Waals surface area contributed by atoms with Gasteiger partial charge < -0.3 is 32.9 Å². The summed E-state index contributed by atoms with van der Waals surface area (Å²) in [5.41, 5.74) is 16.6. The Hall–Kier alpha value is -2.65. The number of benzene rings is 1. The van der Waals surface area contributed by atoms with E-state index in [1.807, 2.05) is 13.8 Å². The molecule has 0 fully saturated rings. The highest BCUT2D eigenvalue weighted by atomic mass is 16.3. The van der Waals surface area contributed by atoms with E-state index in [0.717, 1.165) is 5.56 Å². The molecule has 0 radical (unpaired) electrons. The normalized spacial score (nSPS) is 11.1. The SMILES string of the molecule is CC(C)C(N)C(N)=O.NC(=O)NCCCCC(=O)Nc1ccc(CO)cc1. The lowest BCUT2D eigenvalue weighted by Gasteiger charge is -2.09. The Morgan fingerprint density at radius 1 is 1.07 bits per heavy atom. The average molecular weight is 381 g/mol. The molecule has 1 aromatic carbocycles. The fourth-order valence-corrected chi connectivity index (χ4v) is 1.87. The fourth-order valence-electron chi connectivity index (χ4n) is 1.87. The summed E-state index contributed by atoms with van der Waals surface area (Å²) in [6.07, 6.45) is 1.78. The number of carbonyl (C=O) groups excluding carboxylic acids is 3. The zero-order valence-electron chi connectivity index (χ0n) is 15.9. The molecule has 27 heavy (non-hydrogen) atoms. The largest absolute Gasteiger partial charge is 0.392 e. The zero-order chi connectivity index (χ0) is 20.8. The van der Waals surface area contributed by atoms with Crippen molar-refractivity contribution in [3.8, 4) is 0 Å². The van der Waals surface area contributed by atoms with E-state index in [2.05, 4.69) is 10.6 Å². The number of urea groups is 1. The molecule has 1 rings (SSSR count). The number of hydrogen-bond acceptors (Lipinski definition) is 5. The number of hydrogen-bond donors (Lipinski definition) is 6. The van der Waals surface area contributed by atoms with Gasteiger partial charge in [0.1, 0.15) is 0 Å². The summed E-state index contributed by atoms with van der Waals surface area (Å²) in [5, 5.41) is 14.1. The number of primary amides is 2. The third-order valence-corrected chi connectivity index (χ3v) is 3.60. The summed E-state index contributed by atoms with van der Waals surface area (Å²) in [7, 11) is 0. The van der Waals surface area contributed by atoms with Crippen molar-refractivity contribution < 1.29 is 19.5 Å². The molecule has 1 atom stereocenters. The van der Waals surface area contributed by atoms with Crippen molar-refractivity contribution in [3.05, 3.63) is 29.8 Å². The van der Waals surface area contributed by atoms with Crippen molar-refractivity contribution >= 4 is 23.5 Å². The second-order valence-electron chi connectivity index (χ2n) is 6.32. The summed E-state index contributed by atoms with van der Waals surface area (Å²) in [4.78, 5) is 32.2. The van der Waals surface area contributed by atoms with Gasteiger partial charge >= 0.3 is 6.03 Å². The van der Waals surface area contributed by atoms with Crippen LogP contribution in [0, 0.1) is 5.92 Å². The van der Waals surface area contributed by atoms with Gasteiger partial charge in [-0.25, -0.2) is 4.79 Å². The molecule has 0 saturated carbocycles. The third-order valence-electron chi connectivity index (χ3n) is 3.60. The first-order valence-corrected chi connectivity index (χ1v) is 8.75. The average Bonchev–Trinajstić information content (AvgIpc) is 2.61. The van der Waals surface area contributed by atoms with Gasteiger partial charge in [-0.15, -0.1) is 0 Å². The summed E-state index contributed by atoms with van der Waals surface area (Å²) in [5.74, 6) is -0.358. The van der Waals surface area contributed by atoms with Crippen LogP contribution in [-0.4, -0.2) is 35.5 Å². The number of unbranched alkanes of at least 4 members (excludes halogenated alkanes) is 1. The number of nitrogens with one attached hydrogen (secondary N) is 2. The van der Waals surface area contributed by atoms with E-state index in [9.17, 15) is 14.4 Å². The molecule has 0 spiro atoms. The molecular weight excluding hydrogens is 350 g/mol. The Morgan fingerprint density at radius 2 is 1.67 bits per heavy atom. The second kappa shape index (κ2) is 13.5. The Balaban J connectivity index is 0.000000713. The van der Waals surface area contributed by atoms with Crippen molar-refractivity contribution in [2.75, 3.05) is 11.9 Å². The molecule has 1 unspecified atom stereocenters. The van der Waals surface area contributed by atoms with Crippen LogP contribution in [0.25, 0.3) is 0 Å². The molecule has 9 heteroatoms. The highest BCUT2D eigenvalue weighted by Crippen LogP contribution is 2.10. The lowest BCUT2D eigenvalue weighted by atomic mass is 10.1. The van der Waals surface area contributed by atoms with Gasteiger partial charge in [-0.1, -0.05) is 26.0 Å². The molecule has 0 aliphatic rings. The molecule has 1 aromatic rings. The first kappa shape index (κ1) is 24.4. The summed E-state index contributed by atoms with van der Waals surface area (Å²) in [6, 6.07) is 5.97. The van der Waals surface area contributed by atoms with Crippen LogP contribution in [0.5, 0.6) is 0 Å². The number of anilines is 1. The number of aliphatic hydroxyl groups excluding tert-OH is 1. The quantitative estimate of drug-likeness (QED) is 0.339. The molecule has 0 aliphatic carbocycles. The van der Waals surface area contributed by atoms with Gasteiger partial charge in [0.15, 0.2) is 0 Å². The minimum Gasteiger partial charge on any atom is -0.392 e. The van der Waals surface area contributed by atoms with Gasteiger partial charge in [0, 0.05) is 18.7 Å². The van der Waals surface area contributed by atoms with Crippen molar-refractivity contribution in [2.45, 2.75) is 45.8 Å². The van der Waals surface area contributed by atoms with E-state index in [0.29, 0.717) is 31.5 Å². The van der Waals surface area contributed by atoms with E-state index in [1.165, 1.54) is 0 Å². The van der Waals surface area contributed by atoms with Crippen molar-refractivity contribution in [1.29, 1.82) is 0 Å². The van der Waals surface area contributed by atoms with Crippen LogP contribution >= 0.6 is 0 Å². The Bertz CT molecular complexity index is 590. The summed E-state index contributed by atoms with van der Waals surface area (Å²) >= 11 is 0. The molecule has 9 nitrogen and oxygen atoms in total. The highest BCUT2D eigenvalue weighted by molar-refractivity contribution is 5.90. The molecule has 0 aromatic heterocycles. The minimum absolute atomic E-state index is 0.0128. The highest BCUT2D eigenvalue weighted by Gasteiger charge is 2.12. The number of rotatable bonds is 9. The maximum Gasteiger partial charge on any atom is 0.312 e. The van der Waals surface area contributed by atoms with Gasteiger partial charge in [0.2, 0.25) is 11.8 Å². The molecule has 0 heterocycles. The predicted octanol–water partition coefficient (Wildman–Crippen LogP) is 0.411. The zero-order valence-corrected chi connectivity index (χ0v) is 15.9. The van der Waals surface area contributed by atoms with Gasteiger partial charge in [0.25, 0.3) is 0 Å². The molecule has 152 valence electrons. The van der Waals surface area contributed by atoms with Gasteiger partial charge in [-0.2, -0.15) is 0 Å². The van der Waals surface area contributed by atoms with E-state index in [4.69, 9.17) is 22.3 Å². The first-order valence-electron chi connectivity index (χ1n) is 8.75. The predicted molar refractivity (Wildman–Crippen MR) is 104 cm³/mol. The van der Waals surface area contributed by atoms with E-state index < -0.39 is 18.0 Å². The van der Waals surface area contributed by atoms with E-state index in [1.54, 1.807) is 24.3 Å². The minimum atomic E-state index is -0.548. The smallest absolute Gasteiger partial charge is 0.312 e. The van der Waals surface area contributed by atoms with E-state index >= 15 is 0 Å². The maximum atomic E-state index is 11.6. The van der Waals surface area contributed by atoms with Gasteiger partial charge in [0.05, 0.1) is 12.6 Å². The lowest BCUT2D eigenvalue weighted by Crippen LogP contribution is -2.40. The van der Waals surface area contributed by atoms with Crippen LogP contribution in [0.3, 0.4) is 0 Å². The van der Waals surface area contributed by atoms with E-state index in [-0.39, 0.29) is 18.4 Å². The van der Waals surface area contributed by atoms with Crippen LogP contribution in [0.15, 0.2) is 24.3 Å². The molecule has 0 aliphatic heterocycles. The number of carbonyl (C=O) groups is 3. The van der Waals surface area contributed by atoms with Crippen LogP contribution in [-0.2, 0) is 16.2 Å². The second-order valence-corrected chi connectivity index (χ2v) is 6.32. The molecule has 0 saturated heterocycles. The van der Waals surface area contributed by atoms with Crippen LogP contribution in [0.1, 0.15) is 38.7 Å².